The number of nitrogens with one attached hydrogen (secondary N) is 6. The number of carbonyl (C=O) groups is 2. The monoisotopic (exact) mass is 609 g/mol. The molecule has 1 saturated carbocycles. The maximum Gasteiger partial charge on any atom is 0.226 e. The number of carbonyl (C=O) groups excluding carboxylic acids is 2. The largest absolute Gasteiger partial charge is 0.474 e. The minimum Gasteiger partial charge on any atom is -0.474 e. The number of thioether (sulfide) groups is 1. The lowest BCUT2D eigenvalue weighted by atomic mass is 9.89. The van der Waals surface area contributed by atoms with E-state index in [2.05, 4.69) is 42.8 Å². The molecule has 0 aromatic rings. The predicted molar refractivity (Wildman–Crippen MR) is 152 cm³/mol. The zero-order valence-corrected chi connectivity index (χ0v) is 24.7. The molecule has 234 valence electrons. The molecule has 6 heterocycles. The van der Waals surface area contributed by atoms with E-state index in [1.807, 2.05) is 5.01 Å². The van der Waals surface area contributed by atoms with Gasteiger partial charge in [-0.15, -0.1) is 11.8 Å². The van der Waals surface area contributed by atoms with E-state index in [0.29, 0.717) is 38.2 Å². The van der Waals surface area contributed by atoms with Gasteiger partial charge in [0.1, 0.15) is 23.9 Å². The summed E-state index contributed by atoms with van der Waals surface area (Å²) in [6.07, 6.45) is 5.37. The molecule has 7 rings (SSSR count). The van der Waals surface area contributed by atoms with Crippen LogP contribution in [0.1, 0.15) is 32.1 Å². The molecule has 9 unspecified atom stereocenters. The molecule has 11 atom stereocenters. The fourth-order valence-electron chi connectivity index (χ4n) is 7.51. The molecule has 0 aromatic heterocycles. The van der Waals surface area contributed by atoms with E-state index in [0.717, 1.165) is 31.7 Å². The van der Waals surface area contributed by atoms with Crippen LogP contribution in [0.5, 0.6) is 0 Å². The van der Waals surface area contributed by atoms with Gasteiger partial charge in [-0.3, -0.25) is 35.7 Å². The molecule has 16 heteroatoms. The van der Waals surface area contributed by atoms with Gasteiger partial charge >= 0.3 is 0 Å². The lowest BCUT2D eigenvalue weighted by Gasteiger charge is -2.47. The number of hydroxylamine groups is 1. The Morgan fingerprint density at radius 3 is 2.83 bits per heavy atom. The number of morpholine rings is 1. The lowest BCUT2D eigenvalue weighted by molar-refractivity contribution is -0.431. The van der Waals surface area contributed by atoms with Crippen LogP contribution in [0.2, 0.25) is 0 Å². The molecule has 0 aromatic carbocycles. The maximum absolute atomic E-state index is 13.0. The number of amides is 1. The molecule has 0 bridgehead atoms. The Morgan fingerprint density at radius 2 is 2.02 bits per heavy atom. The van der Waals surface area contributed by atoms with Gasteiger partial charge < -0.3 is 25.8 Å². The van der Waals surface area contributed by atoms with Crippen LogP contribution in [-0.2, 0) is 23.9 Å². The van der Waals surface area contributed by atoms with Gasteiger partial charge in [0.2, 0.25) is 5.91 Å². The number of ether oxygens (including phenoxy) is 2. The summed E-state index contributed by atoms with van der Waals surface area (Å²) in [6, 6.07) is 0.600. The van der Waals surface area contributed by atoms with Gasteiger partial charge in [0.25, 0.3) is 0 Å². The molecule has 1 aliphatic carbocycles. The van der Waals surface area contributed by atoms with Gasteiger partial charge in [-0.25, -0.2) is 5.43 Å². The van der Waals surface area contributed by atoms with Crippen LogP contribution in [0.25, 0.3) is 0 Å². The SMILES string of the molecule is NC(=O)C1C(NC2CC(C3CSC4C(=O)C=C(N5CCOCC5)OC43)NO2)NC(N[C@H]2CCCC[C@H]2[NH3+])N2NCNC12. The molecule has 6 fully saturated rings. The first-order chi connectivity index (χ1) is 20.5. The minimum absolute atomic E-state index is 0.0108. The Hall–Kier alpha value is -1.57. The summed E-state index contributed by atoms with van der Waals surface area (Å²) >= 11 is 1.66. The Bertz CT molecular complexity index is 1050. The average Bonchev–Trinajstić information content (AvgIpc) is 3.75. The summed E-state index contributed by atoms with van der Waals surface area (Å²) in [5.41, 5.74) is 16.9. The summed E-state index contributed by atoms with van der Waals surface area (Å²) in [4.78, 5) is 33.9. The van der Waals surface area contributed by atoms with Crippen molar-refractivity contribution in [1.82, 2.24) is 42.1 Å². The van der Waals surface area contributed by atoms with Crippen molar-refractivity contribution in [1.29, 1.82) is 0 Å². The van der Waals surface area contributed by atoms with E-state index in [4.69, 9.17) is 20.0 Å². The van der Waals surface area contributed by atoms with Crippen molar-refractivity contribution in [2.75, 3.05) is 38.7 Å². The highest BCUT2D eigenvalue weighted by Gasteiger charge is 2.52. The average molecular weight is 610 g/mol. The first-order valence-electron chi connectivity index (χ1n) is 15.4. The van der Waals surface area contributed by atoms with Crippen LogP contribution < -0.4 is 43.6 Å². The maximum atomic E-state index is 13.0. The zero-order valence-electron chi connectivity index (χ0n) is 23.8. The third-order valence-corrected chi connectivity index (χ3v) is 11.3. The molecule has 0 spiro atoms. The van der Waals surface area contributed by atoms with Gasteiger partial charge in [0, 0.05) is 49.7 Å². The second-order valence-corrected chi connectivity index (χ2v) is 13.6. The Kier molecular flexibility index (Phi) is 8.63. The molecule has 7 aliphatic rings. The van der Waals surface area contributed by atoms with Crippen LogP contribution in [0.3, 0.4) is 0 Å². The van der Waals surface area contributed by atoms with Crippen molar-refractivity contribution in [3.05, 3.63) is 12.0 Å². The van der Waals surface area contributed by atoms with Crippen molar-refractivity contribution < 1.29 is 29.6 Å². The third kappa shape index (κ3) is 5.67. The summed E-state index contributed by atoms with van der Waals surface area (Å²) in [6.45, 7) is 3.24. The van der Waals surface area contributed by atoms with E-state index in [1.54, 1.807) is 17.8 Å². The highest BCUT2D eigenvalue weighted by atomic mass is 32.2. The Morgan fingerprint density at radius 1 is 1.19 bits per heavy atom. The first-order valence-corrected chi connectivity index (χ1v) is 16.4. The summed E-state index contributed by atoms with van der Waals surface area (Å²) in [7, 11) is 0. The molecular formula is C26H45N10O5S+. The van der Waals surface area contributed by atoms with E-state index in [9.17, 15) is 9.59 Å². The molecule has 0 radical (unpaired) electrons. The number of allylic oxidation sites excluding steroid dienone is 1. The minimum atomic E-state index is -0.547. The molecular weight excluding hydrogens is 564 g/mol. The van der Waals surface area contributed by atoms with Crippen LogP contribution in [0.4, 0.5) is 0 Å². The van der Waals surface area contributed by atoms with Crippen molar-refractivity contribution in [3.63, 3.8) is 0 Å². The van der Waals surface area contributed by atoms with Gasteiger partial charge in [-0.2, -0.15) is 10.5 Å². The predicted octanol–water partition coefficient (Wildman–Crippen LogP) is -3.78. The highest BCUT2D eigenvalue weighted by molar-refractivity contribution is 8.01. The second kappa shape index (κ2) is 12.4. The third-order valence-electron chi connectivity index (χ3n) is 9.82. The van der Waals surface area contributed by atoms with E-state index in [1.165, 1.54) is 12.8 Å². The van der Waals surface area contributed by atoms with E-state index >= 15 is 0 Å². The quantitative estimate of drug-likeness (QED) is 0.140. The molecule has 6 aliphatic heterocycles. The number of ketones is 1. The van der Waals surface area contributed by atoms with E-state index in [-0.39, 0.29) is 53.8 Å². The van der Waals surface area contributed by atoms with Crippen molar-refractivity contribution in [3.8, 4) is 0 Å². The number of nitrogens with zero attached hydrogens (tertiary/aromatic N) is 2. The lowest BCUT2D eigenvalue weighted by Crippen LogP contribution is -2.79. The van der Waals surface area contributed by atoms with Crippen LogP contribution in [-0.4, -0.2) is 115 Å². The van der Waals surface area contributed by atoms with Crippen molar-refractivity contribution in [2.45, 2.75) is 86.4 Å². The molecule has 1 amide bonds. The van der Waals surface area contributed by atoms with Crippen molar-refractivity contribution in [2.24, 2.45) is 17.6 Å². The number of hydrogen-bond donors (Lipinski definition) is 8. The number of hydrazine groups is 1. The number of quaternary nitrogens is 1. The van der Waals surface area contributed by atoms with E-state index < -0.39 is 18.0 Å². The van der Waals surface area contributed by atoms with Crippen molar-refractivity contribution >= 4 is 23.5 Å². The summed E-state index contributed by atoms with van der Waals surface area (Å²) < 4.78 is 12.0. The van der Waals surface area contributed by atoms with Crippen LogP contribution in [0, 0.1) is 11.8 Å². The molecule has 11 N–H and O–H groups in total. The number of nitrogens with two attached hydrogens (primary N) is 1. The van der Waals surface area contributed by atoms with Crippen LogP contribution >= 0.6 is 11.8 Å². The number of primary amides is 1. The van der Waals surface area contributed by atoms with Gasteiger partial charge in [0.05, 0.1) is 50.2 Å². The second-order valence-electron chi connectivity index (χ2n) is 12.4. The summed E-state index contributed by atoms with van der Waals surface area (Å²) in [5, 5.41) is 16.1. The molecule has 42 heavy (non-hydrogen) atoms. The first kappa shape index (κ1) is 29.2. The normalized spacial score (nSPS) is 44.4. The Labute approximate surface area is 249 Å². The topological polar surface area (TPSA) is 194 Å². The van der Waals surface area contributed by atoms with Gasteiger partial charge in [-0.05, 0) is 12.8 Å². The number of hydrogen-bond acceptors (Lipinski definition) is 14. The zero-order chi connectivity index (χ0) is 28.8. The molecule has 15 nitrogen and oxygen atoms in total. The fraction of sp³-hybridized carbons (Fsp3) is 0.846. The van der Waals surface area contributed by atoms with Gasteiger partial charge in [-0.1, -0.05) is 6.42 Å². The number of fused-ring (bicyclic) bond motifs is 2. The smallest absolute Gasteiger partial charge is 0.226 e. The Balaban J connectivity index is 1.01. The number of rotatable bonds is 7. The fourth-order valence-corrected chi connectivity index (χ4v) is 9.04. The van der Waals surface area contributed by atoms with Crippen LogP contribution in [0.15, 0.2) is 12.0 Å². The standard InChI is InChI=1S/C26H44N10O5S/c27-14-3-1-2-4-15(14)31-26-33-24(20(23(28)38)25-29-12-30-36(25)26)32-18-9-16(34-41-18)13-11-42-22-17(37)10-19(40-21(13)22)35-5-7-39-8-6-35/h10,13-16,18,20-22,24-26,29-34H,1-9,11-12,27H2,(H2,28,38)/p+1/t13?,14-,15+,16?,18?,20?,21?,22?,24?,25?,26?/m1/s1. The van der Waals surface area contributed by atoms with Gasteiger partial charge in [0.15, 0.2) is 11.7 Å². The molecule has 5 saturated heterocycles. The highest BCUT2D eigenvalue weighted by Crippen LogP contribution is 2.42. The summed E-state index contributed by atoms with van der Waals surface area (Å²) in [5.74, 6) is 0.729.